The molecule has 1 amide bonds. The smallest absolute Gasteiger partial charge is 0.258 e. The Labute approximate surface area is 152 Å². The Hall–Kier alpha value is -2.40. The van der Waals surface area contributed by atoms with Gasteiger partial charge in [-0.15, -0.1) is 0 Å². The van der Waals surface area contributed by atoms with E-state index in [1.54, 1.807) is 38.5 Å². The number of hydrogen-bond donors (Lipinski definition) is 1. The standard InChI is InChI=1S/C19H22ClNO4/c1-4-16(13-5-10-17(23-2)18(11-13)24-3)21-19(22)12-25-15-8-6-14(20)7-9-15/h5-11,16H,4,12H2,1-3H3,(H,21,22). The van der Waals surface area contributed by atoms with Crippen molar-refractivity contribution in [2.45, 2.75) is 19.4 Å². The molecule has 0 radical (unpaired) electrons. The topological polar surface area (TPSA) is 56.8 Å². The van der Waals surface area contributed by atoms with E-state index >= 15 is 0 Å². The highest BCUT2D eigenvalue weighted by atomic mass is 35.5. The highest BCUT2D eigenvalue weighted by molar-refractivity contribution is 6.30. The molecule has 25 heavy (non-hydrogen) atoms. The van der Waals surface area contributed by atoms with Crippen LogP contribution in [0.4, 0.5) is 0 Å². The summed E-state index contributed by atoms with van der Waals surface area (Å²) in [6, 6.07) is 12.3. The van der Waals surface area contributed by atoms with Gasteiger partial charge in [0, 0.05) is 5.02 Å². The molecule has 0 bridgehead atoms. The van der Waals surface area contributed by atoms with Crippen molar-refractivity contribution in [2.75, 3.05) is 20.8 Å². The van der Waals surface area contributed by atoms with Crippen LogP contribution in [0.3, 0.4) is 0 Å². The minimum absolute atomic E-state index is 0.0641. The summed E-state index contributed by atoms with van der Waals surface area (Å²) < 4.78 is 16.0. The maximum absolute atomic E-state index is 12.2. The van der Waals surface area contributed by atoms with Crippen molar-refractivity contribution >= 4 is 17.5 Å². The summed E-state index contributed by atoms with van der Waals surface area (Å²) in [4.78, 5) is 12.2. The van der Waals surface area contributed by atoms with E-state index in [2.05, 4.69) is 5.32 Å². The number of halogens is 1. The van der Waals surface area contributed by atoms with Crippen LogP contribution < -0.4 is 19.5 Å². The Balaban J connectivity index is 1.98. The molecule has 6 heteroatoms. The van der Waals surface area contributed by atoms with Crippen LogP contribution in [0.5, 0.6) is 17.2 Å². The maximum Gasteiger partial charge on any atom is 0.258 e. The predicted octanol–water partition coefficient (Wildman–Crippen LogP) is 4.00. The summed E-state index contributed by atoms with van der Waals surface area (Å²) in [5, 5.41) is 3.59. The number of carbonyl (C=O) groups excluding carboxylic acids is 1. The summed E-state index contributed by atoms with van der Waals surface area (Å²) >= 11 is 5.82. The number of methoxy groups -OCH3 is 2. The quantitative estimate of drug-likeness (QED) is 0.770. The fourth-order valence-corrected chi connectivity index (χ4v) is 2.53. The van der Waals surface area contributed by atoms with Gasteiger partial charge in [0.25, 0.3) is 5.91 Å². The summed E-state index contributed by atoms with van der Waals surface area (Å²) in [7, 11) is 3.17. The molecule has 0 fully saturated rings. The van der Waals surface area contributed by atoms with Gasteiger partial charge in [0.15, 0.2) is 18.1 Å². The molecular formula is C19H22ClNO4. The molecule has 134 valence electrons. The third-order valence-electron chi connectivity index (χ3n) is 3.74. The Morgan fingerprint density at radius 2 is 1.76 bits per heavy atom. The van der Waals surface area contributed by atoms with Gasteiger partial charge < -0.3 is 19.5 Å². The van der Waals surface area contributed by atoms with Crippen LogP contribution in [0.15, 0.2) is 42.5 Å². The van der Waals surface area contributed by atoms with Crippen molar-refractivity contribution in [3.05, 3.63) is 53.1 Å². The molecular weight excluding hydrogens is 342 g/mol. The first-order valence-corrected chi connectivity index (χ1v) is 8.34. The zero-order chi connectivity index (χ0) is 18.2. The van der Waals surface area contributed by atoms with E-state index in [1.807, 2.05) is 25.1 Å². The first-order chi connectivity index (χ1) is 12.1. The molecule has 1 unspecified atom stereocenters. The number of nitrogens with one attached hydrogen (secondary N) is 1. The van der Waals surface area contributed by atoms with Gasteiger partial charge in [-0.2, -0.15) is 0 Å². The zero-order valence-electron chi connectivity index (χ0n) is 14.5. The molecule has 0 aromatic heterocycles. The number of ether oxygens (including phenoxy) is 3. The van der Waals surface area contributed by atoms with Gasteiger partial charge >= 0.3 is 0 Å². The number of hydrogen-bond acceptors (Lipinski definition) is 4. The van der Waals surface area contributed by atoms with E-state index in [1.165, 1.54) is 0 Å². The second-order valence-corrected chi connectivity index (χ2v) is 5.82. The van der Waals surface area contributed by atoms with Gasteiger partial charge in [-0.25, -0.2) is 0 Å². The van der Waals surface area contributed by atoms with Gasteiger partial charge in [0.2, 0.25) is 0 Å². The number of benzene rings is 2. The summed E-state index contributed by atoms with van der Waals surface area (Å²) in [5.41, 5.74) is 0.944. The zero-order valence-corrected chi connectivity index (χ0v) is 15.3. The number of carbonyl (C=O) groups is 1. The van der Waals surface area contributed by atoms with E-state index < -0.39 is 0 Å². The van der Waals surface area contributed by atoms with Gasteiger partial charge in [0.1, 0.15) is 5.75 Å². The third kappa shape index (κ3) is 5.29. The van der Waals surface area contributed by atoms with Crippen LogP contribution >= 0.6 is 11.6 Å². The van der Waals surface area contributed by atoms with Crippen LogP contribution in [0, 0.1) is 0 Å². The van der Waals surface area contributed by atoms with Crippen LogP contribution in [-0.2, 0) is 4.79 Å². The Kier molecular flexibility index (Phi) is 6.95. The highest BCUT2D eigenvalue weighted by Crippen LogP contribution is 2.30. The molecule has 1 N–H and O–H groups in total. The lowest BCUT2D eigenvalue weighted by atomic mass is 10.0. The summed E-state index contributed by atoms with van der Waals surface area (Å²) in [6.07, 6.45) is 0.738. The molecule has 0 aliphatic rings. The van der Waals surface area contributed by atoms with Crippen molar-refractivity contribution < 1.29 is 19.0 Å². The minimum atomic E-state index is -0.198. The molecule has 1 atom stereocenters. The Morgan fingerprint density at radius 1 is 1.08 bits per heavy atom. The fourth-order valence-electron chi connectivity index (χ4n) is 2.41. The molecule has 5 nitrogen and oxygen atoms in total. The SMILES string of the molecule is CCC(NC(=O)COc1ccc(Cl)cc1)c1ccc(OC)c(OC)c1. The Morgan fingerprint density at radius 3 is 2.36 bits per heavy atom. The second kappa shape index (κ2) is 9.18. The average molecular weight is 364 g/mol. The fraction of sp³-hybridized carbons (Fsp3) is 0.316. The first kappa shape index (κ1) is 18.9. The van der Waals surface area contributed by atoms with Crippen LogP contribution in [0.2, 0.25) is 5.02 Å². The van der Waals surface area contributed by atoms with Crippen LogP contribution in [-0.4, -0.2) is 26.7 Å². The molecule has 2 aromatic carbocycles. The van der Waals surface area contributed by atoms with Crippen molar-refractivity contribution in [3.8, 4) is 17.2 Å². The third-order valence-corrected chi connectivity index (χ3v) is 3.99. The highest BCUT2D eigenvalue weighted by Gasteiger charge is 2.15. The monoisotopic (exact) mass is 363 g/mol. The van der Waals surface area contributed by atoms with Crippen molar-refractivity contribution in [2.24, 2.45) is 0 Å². The lowest BCUT2D eigenvalue weighted by molar-refractivity contribution is -0.123. The van der Waals surface area contributed by atoms with E-state index in [9.17, 15) is 4.79 Å². The van der Waals surface area contributed by atoms with E-state index in [4.69, 9.17) is 25.8 Å². The van der Waals surface area contributed by atoms with Crippen LogP contribution in [0.1, 0.15) is 24.9 Å². The van der Waals surface area contributed by atoms with E-state index in [-0.39, 0.29) is 18.6 Å². The van der Waals surface area contributed by atoms with Gasteiger partial charge in [0.05, 0.1) is 20.3 Å². The second-order valence-electron chi connectivity index (χ2n) is 5.39. The lowest BCUT2D eigenvalue weighted by Gasteiger charge is -2.19. The van der Waals surface area contributed by atoms with Gasteiger partial charge in [-0.3, -0.25) is 4.79 Å². The predicted molar refractivity (Wildman–Crippen MR) is 97.7 cm³/mol. The van der Waals surface area contributed by atoms with Gasteiger partial charge in [-0.1, -0.05) is 24.6 Å². The molecule has 0 saturated carbocycles. The van der Waals surface area contributed by atoms with Gasteiger partial charge in [-0.05, 0) is 48.4 Å². The minimum Gasteiger partial charge on any atom is -0.493 e. The molecule has 0 aliphatic carbocycles. The molecule has 0 saturated heterocycles. The van der Waals surface area contributed by atoms with E-state index in [0.717, 1.165) is 12.0 Å². The van der Waals surface area contributed by atoms with Crippen LogP contribution in [0.25, 0.3) is 0 Å². The summed E-state index contributed by atoms with van der Waals surface area (Å²) in [6.45, 7) is 1.94. The molecule has 0 heterocycles. The number of rotatable bonds is 8. The first-order valence-electron chi connectivity index (χ1n) is 7.97. The molecule has 0 spiro atoms. The van der Waals surface area contributed by atoms with E-state index in [0.29, 0.717) is 22.3 Å². The average Bonchev–Trinajstić information content (AvgIpc) is 2.65. The number of amides is 1. The molecule has 2 rings (SSSR count). The largest absolute Gasteiger partial charge is 0.493 e. The van der Waals surface area contributed by atoms with Crippen molar-refractivity contribution in [3.63, 3.8) is 0 Å². The maximum atomic E-state index is 12.2. The molecule has 0 aliphatic heterocycles. The normalized spacial score (nSPS) is 11.5. The molecule has 2 aromatic rings. The van der Waals surface area contributed by atoms with Crippen molar-refractivity contribution in [1.82, 2.24) is 5.32 Å². The van der Waals surface area contributed by atoms with Crippen molar-refractivity contribution in [1.29, 1.82) is 0 Å². The summed E-state index contributed by atoms with van der Waals surface area (Å²) in [5.74, 6) is 1.68. The Bertz CT molecular complexity index is 703. The lowest BCUT2D eigenvalue weighted by Crippen LogP contribution is -2.32.